The van der Waals surface area contributed by atoms with E-state index in [-0.39, 0.29) is 11.7 Å². The number of ether oxygens (including phenoxy) is 2. The summed E-state index contributed by atoms with van der Waals surface area (Å²) in [4.78, 5) is 15.6. The van der Waals surface area contributed by atoms with Gasteiger partial charge < -0.3 is 19.7 Å². The van der Waals surface area contributed by atoms with Crippen molar-refractivity contribution in [3.8, 4) is 11.5 Å². The molecule has 2 heterocycles. The molecule has 2 aliphatic rings. The normalized spacial score (nSPS) is 16.3. The van der Waals surface area contributed by atoms with Crippen LogP contribution in [0.25, 0.3) is 0 Å². The molecule has 2 aliphatic heterocycles. The number of nitrogens with zero attached hydrogens (tertiary/aromatic N) is 2. The number of amides is 1. The lowest BCUT2D eigenvalue weighted by atomic mass is 10.1. The highest BCUT2D eigenvalue weighted by molar-refractivity contribution is 8.15. The highest BCUT2D eigenvalue weighted by Crippen LogP contribution is 2.42. The largest absolute Gasteiger partial charge is 0.494 e. The minimum atomic E-state index is -3.42. The molecule has 0 aromatic heterocycles. The fourth-order valence-electron chi connectivity index (χ4n) is 3.21. The molecular weight excluding hydrogens is 426 g/mol. The molecule has 2 aromatic carbocycles. The molecule has 0 aliphatic carbocycles. The van der Waals surface area contributed by atoms with E-state index >= 15 is 0 Å². The number of thioether (sulfide) groups is 1. The van der Waals surface area contributed by atoms with Crippen molar-refractivity contribution in [2.45, 2.75) is 18.7 Å². The topological polar surface area (TPSA) is 97.3 Å². The van der Waals surface area contributed by atoms with Crippen molar-refractivity contribution in [3.05, 3.63) is 42.0 Å². The number of amidine groups is 1. The zero-order valence-corrected chi connectivity index (χ0v) is 18.2. The molecule has 0 unspecified atom stereocenters. The van der Waals surface area contributed by atoms with Gasteiger partial charge in [0.15, 0.2) is 5.17 Å². The first-order valence-electron chi connectivity index (χ1n) is 9.53. The molecule has 0 saturated carbocycles. The maximum Gasteiger partial charge on any atom is 0.257 e. The number of sulfonamides is 1. The zero-order valence-electron chi connectivity index (χ0n) is 16.5. The first kappa shape index (κ1) is 20.5. The van der Waals surface area contributed by atoms with E-state index in [9.17, 15) is 13.2 Å². The van der Waals surface area contributed by atoms with Crippen LogP contribution in [0, 0.1) is 0 Å². The molecule has 0 bridgehead atoms. The first-order chi connectivity index (χ1) is 14.4. The third-order valence-corrected chi connectivity index (χ3v) is 6.85. The molecule has 0 radical (unpaired) electrons. The third kappa shape index (κ3) is 4.10. The Bertz CT molecular complexity index is 1130. The summed E-state index contributed by atoms with van der Waals surface area (Å²) in [7, 11) is -3.42. The van der Waals surface area contributed by atoms with E-state index in [1.54, 1.807) is 30.3 Å². The average Bonchev–Trinajstić information content (AvgIpc) is 3.05. The second-order valence-electron chi connectivity index (χ2n) is 6.57. The molecule has 1 amide bonds. The van der Waals surface area contributed by atoms with E-state index < -0.39 is 10.0 Å². The minimum absolute atomic E-state index is 0.0187. The summed E-state index contributed by atoms with van der Waals surface area (Å²) in [5, 5.41) is 3.31. The molecule has 158 valence electrons. The lowest BCUT2D eigenvalue weighted by molar-refractivity contribution is 0.102. The second kappa shape index (κ2) is 8.19. The summed E-state index contributed by atoms with van der Waals surface area (Å²) >= 11 is 1.25. The van der Waals surface area contributed by atoms with Gasteiger partial charge in [-0.15, -0.1) is 4.40 Å². The van der Waals surface area contributed by atoms with Crippen LogP contribution in [0.2, 0.25) is 0 Å². The molecule has 10 heteroatoms. The molecule has 0 fully saturated rings. The van der Waals surface area contributed by atoms with Gasteiger partial charge in [-0.05, 0) is 55.9 Å². The number of carbonyl (C=O) groups excluding carboxylic acids is 1. The van der Waals surface area contributed by atoms with Gasteiger partial charge in [-0.1, -0.05) is 0 Å². The Kier molecular flexibility index (Phi) is 5.61. The predicted molar refractivity (Wildman–Crippen MR) is 118 cm³/mol. The summed E-state index contributed by atoms with van der Waals surface area (Å²) in [6.07, 6.45) is 0. The van der Waals surface area contributed by atoms with Crippen LogP contribution in [0.3, 0.4) is 0 Å². The van der Waals surface area contributed by atoms with Crippen molar-refractivity contribution in [1.29, 1.82) is 0 Å². The van der Waals surface area contributed by atoms with Crippen molar-refractivity contribution in [2.75, 3.05) is 35.7 Å². The van der Waals surface area contributed by atoms with Crippen molar-refractivity contribution in [3.63, 3.8) is 0 Å². The molecule has 0 atom stereocenters. The summed E-state index contributed by atoms with van der Waals surface area (Å²) in [6.45, 7) is 5.10. The average molecular weight is 448 g/mol. The lowest BCUT2D eigenvalue weighted by Gasteiger charge is -2.22. The summed E-state index contributed by atoms with van der Waals surface area (Å²) < 4.78 is 38.5. The number of hydrogen-bond acceptors (Lipinski definition) is 7. The quantitative estimate of drug-likeness (QED) is 0.725. The number of nitrogens with one attached hydrogen (secondary N) is 1. The Morgan fingerprint density at radius 2 is 1.97 bits per heavy atom. The van der Waals surface area contributed by atoms with Gasteiger partial charge in [-0.25, -0.2) is 8.42 Å². The lowest BCUT2D eigenvalue weighted by Crippen LogP contribution is -2.35. The summed E-state index contributed by atoms with van der Waals surface area (Å²) in [5.41, 5.74) is 1.83. The van der Waals surface area contributed by atoms with Crippen molar-refractivity contribution in [2.24, 2.45) is 4.40 Å². The molecule has 0 saturated heterocycles. The van der Waals surface area contributed by atoms with Crippen LogP contribution in [-0.4, -0.2) is 45.0 Å². The first-order valence-corrected chi connectivity index (χ1v) is 12.0. The van der Waals surface area contributed by atoms with E-state index in [0.29, 0.717) is 47.7 Å². The molecule has 30 heavy (non-hydrogen) atoms. The molecule has 4 rings (SSSR count). The standard InChI is InChI=1S/C20H21N3O5S2/c1-3-27-14-6-8-17(28-4-2)15(12-14)21-19(24)13-5-7-16-18(11-13)29-20-22-30(25,26)10-9-23(16)20/h5-8,11-12H,3-4,9-10H2,1-2H3,(H,21,24). The second-order valence-corrected chi connectivity index (χ2v) is 9.34. The fraction of sp³-hybridized carbons (Fsp3) is 0.300. The van der Waals surface area contributed by atoms with Gasteiger partial charge in [0.1, 0.15) is 11.5 Å². The highest BCUT2D eigenvalue weighted by atomic mass is 32.2. The van der Waals surface area contributed by atoms with Crippen LogP contribution < -0.4 is 19.7 Å². The zero-order chi connectivity index (χ0) is 21.3. The van der Waals surface area contributed by atoms with Crippen LogP contribution in [0.15, 0.2) is 45.7 Å². The molecule has 8 nitrogen and oxygen atoms in total. The Balaban J connectivity index is 1.59. The van der Waals surface area contributed by atoms with Gasteiger partial charge in [-0.2, -0.15) is 0 Å². The van der Waals surface area contributed by atoms with E-state index in [4.69, 9.17) is 9.47 Å². The molecule has 2 aromatic rings. The van der Waals surface area contributed by atoms with Crippen molar-refractivity contribution < 1.29 is 22.7 Å². The van der Waals surface area contributed by atoms with Gasteiger partial charge >= 0.3 is 0 Å². The number of benzene rings is 2. The van der Waals surface area contributed by atoms with Gasteiger partial charge in [0.2, 0.25) is 0 Å². The van der Waals surface area contributed by atoms with E-state index in [2.05, 4.69) is 9.71 Å². The predicted octanol–water partition coefficient (Wildman–Crippen LogP) is 3.35. The maximum absolute atomic E-state index is 12.9. The smallest absolute Gasteiger partial charge is 0.257 e. The number of rotatable bonds is 6. The molecular formula is C20H21N3O5S2. The van der Waals surface area contributed by atoms with E-state index in [1.165, 1.54) is 11.8 Å². The minimum Gasteiger partial charge on any atom is -0.494 e. The molecule has 1 N–H and O–H groups in total. The Morgan fingerprint density at radius 3 is 2.73 bits per heavy atom. The third-order valence-electron chi connectivity index (χ3n) is 4.55. The van der Waals surface area contributed by atoms with Crippen molar-refractivity contribution >= 4 is 44.2 Å². The number of fused-ring (bicyclic) bond motifs is 3. The monoisotopic (exact) mass is 447 g/mol. The number of carbonyl (C=O) groups is 1. The van der Waals surface area contributed by atoms with Gasteiger partial charge in [0.05, 0.1) is 30.3 Å². The highest BCUT2D eigenvalue weighted by Gasteiger charge is 2.33. The number of anilines is 2. The fourth-order valence-corrected chi connectivity index (χ4v) is 5.51. The Labute approximate surface area is 179 Å². The van der Waals surface area contributed by atoms with Gasteiger partial charge in [-0.3, -0.25) is 4.79 Å². The maximum atomic E-state index is 12.9. The van der Waals surface area contributed by atoms with E-state index in [1.807, 2.05) is 24.8 Å². The van der Waals surface area contributed by atoms with Crippen molar-refractivity contribution in [1.82, 2.24) is 0 Å². The van der Waals surface area contributed by atoms with Crippen LogP contribution >= 0.6 is 11.8 Å². The summed E-state index contributed by atoms with van der Waals surface area (Å²) in [5.74, 6) is 0.876. The van der Waals surface area contributed by atoms with E-state index in [0.717, 1.165) is 10.6 Å². The summed E-state index contributed by atoms with van der Waals surface area (Å²) in [6, 6.07) is 10.6. The van der Waals surface area contributed by atoms with Crippen LogP contribution in [0.5, 0.6) is 11.5 Å². The van der Waals surface area contributed by atoms with Crippen LogP contribution in [0.1, 0.15) is 24.2 Å². The number of hydrogen-bond donors (Lipinski definition) is 1. The van der Waals surface area contributed by atoms with Gasteiger partial charge in [0.25, 0.3) is 15.9 Å². The Hall–Kier alpha value is -2.72. The van der Waals surface area contributed by atoms with Crippen LogP contribution in [0.4, 0.5) is 11.4 Å². The van der Waals surface area contributed by atoms with Crippen LogP contribution in [-0.2, 0) is 10.0 Å². The Morgan fingerprint density at radius 1 is 1.17 bits per heavy atom. The SMILES string of the molecule is CCOc1ccc(OCC)c(NC(=O)c2ccc3c(c2)SC2=NS(=O)(=O)CCN23)c1. The van der Waals surface area contributed by atoms with Gasteiger partial charge in [0, 0.05) is 23.1 Å². The molecule has 0 spiro atoms.